The minimum atomic E-state index is -1.32. The van der Waals surface area contributed by atoms with Gasteiger partial charge in [0.25, 0.3) is 0 Å². The van der Waals surface area contributed by atoms with E-state index in [0.29, 0.717) is 22.7 Å². The summed E-state index contributed by atoms with van der Waals surface area (Å²) < 4.78 is 12.2. The van der Waals surface area contributed by atoms with Crippen LogP contribution in [0.1, 0.15) is 35.2 Å². The number of nitrogens with one attached hydrogen (secondary N) is 2. The number of benzene rings is 3. The molecule has 180 valence electrons. The lowest BCUT2D eigenvalue weighted by Crippen LogP contribution is -2.72. The van der Waals surface area contributed by atoms with Gasteiger partial charge in [-0.1, -0.05) is 48.0 Å². The number of methoxy groups -OCH3 is 1. The Morgan fingerprint density at radius 1 is 1.06 bits per heavy atom. The second-order valence-electron chi connectivity index (χ2n) is 9.37. The summed E-state index contributed by atoms with van der Waals surface area (Å²) in [6, 6.07) is 18.1. The lowest BCUT2D eigenvalue weighted by atomic mass is 9.78. The molecule has 7 heteroatoms. The highest BCUT2D eigenvalue weighted by Gasteiger charge is 2.61. The number of hydrogen-bond acceptors (Lipinski definition) is 4. The molecular formula is C28H29N3O4. The number of carbonyl (C=O) groups excluding carboxylic acids is 2. The first kappa shape index (κ1) is 22.8. The van der Waals surface area contributed by atoms with Crippen LogP contribution in [-0.2, 0) is 4.79 Å². The largest absolute Gasteiger partial charge is 0.493 e. The molecule has 2 bridgehead atoms. The van der Waals surface area contributed by atoms with Gasteiger partial charge in [0.15, 0.2) is 11.5 Å². The van der Waals surface area contributed by atoms with Crippen LogP contribution in [-0.4, -0.2) is 24.8 Å². The van der Waals surface area contributed by atoms with E-state index >= 15 is 0 Å². The molecule has 2 heterocycles. The molecule has 3 unspecified atom stereocenters. The summed E-state index contributed by atoms with van der Waals surface area (Å²) in [7, 11) is 1.58. The van der Waals surface area contributed by atoms with E-state index < -0.39 is 17.7 Å². The summed E-state index contributed by atoms with van der Waals surface area (Å²) in [5.74, 6) is 0.0844. The first-order valence-electron chi connectivity index (χ1n) is 11.6. The summed E-state index contributed by atoms with van der Waals surface area (Å²) in [6.45, 7) is 7.70. The molecule has 3 atom stereocenters. The summed E-state index contributed by atoms with van der Waals surface area (Å²) in [5, 5.41) is 6.18. The molecule has 35 heavy (non-hydrogen) atoms. The lowest BCUT2D eigenvalue weighted by molar-refractivity contribution is -0.131. The zero-order valence-corrected chi connectivity index (χ0v) is 20.5. The average molecular weight is 472 g/mol. The number of para-hydroxylation sites is 2. The molecule has 3 amide bonds. The predicted octanol–water partition coefficient (Wildman–Crippen LogP) is 5.25. The van der Waals surface area contributed by atoms with E-state index in [-0.39, 0.29) is 11.9 Å². The van der Waals surface area contributed by atoms with Crippen LogP contribution in [0.3, 0.4) is 0 Å². The number of nitrogens with zero attached hydrogens (tertiary/aromatic N) is 1. The van der Waals surface area contributed by atoms with Crippen LogP contribution >= 0.6 is 0 Å². The number of fused-ring (bicyclic) bond motifs is 4. The van der Waals surface area contributed by atoms with Crippen LogP contribution in [0.2, 0.25) is 0 Å². The Kier molecular flexibility index (Phi) is 5.43. The van der Waals surface area contributed by atoms with Crippen molar-refractivity contribution in [2.45, 2.75) is 39.5 Å². The number of anilines is 2. The summed E-state index contributed by atoms with van der Waals surface area (Å²) in [6.07, 6.45) is 0. The van der Waals surface area contributed by atoms with Crippen molar-refractivity contribution in [3.8, 4) is 11.5 Å². The Balaban J connectivity index is 1.66. The van der Waals surface area contributed by atoms with Gasteiger partial charge in [-0.15, -0.1) is 0 Å². The summed E-state index contributed by atoms with van der Waals surface area (Å²) in [5.41, 5.74) is 3.77. The molecule has 0 spiro atoms. The van der Waals surface area contributed by atoms with Gasteiger partial charge in [0.1, 0.15) is 5.92 Å². The average Bonchev–Trinajstić information content (AvgIpc) is 2.81. The SMILES string of the molecule is COc1cccc2c1OC1(C)C(C(=O)Nc3ccc(C)cc3C)C2NC(=O)N1c1ccccc1C. The van der Waals surface area contributed by atoms with Crippen molar-refractivity contribution in [3.63, 3.8) is 0 Å². The van der Waals surface area contributed by atoms with Gasteiger partial charge in [0.05, 0.1) is 18.8 Å². The molecule has 7 nitrogen and oxygen atoms in total. The van der Waals surface area contributed by atoms with Crippen LogP contribution in [0.25, 0.3) is 0 Å². The number of rotatable bonds is 4. The monoisotopic (exact) mass is 471 g/mol. The third-order valence-corrected chi connectivity index (χ3v) is 6.99. The highest BCUT2D eigenvalue weighted by Crippen LogP contribution is 2.52. The number of carbonyl (C=O) groups is 2. The van der Waals surface area contributed by atoms with E-state index in [1.165, 1.54) is 0 Å². The van der Waals surface area contributed by atoms with Gasteiger partial charge in [0, 0.05) is 11.3 Å². The van der Waals surface area contributed by atoms with Gasteiger partial charge >= 0.3 is 6.03 Å². The van der Waals surface area contributed by atoms with E-state index in [4.69, 9.17) is 9.47 Å². The van der Waals surface area contributed by atoms with Gasteiger partial charge < -0.3 is 20.1 Å². The Hall–Kier alpha value is -4.00. The maximum absolute atomic E-state index is 14.0. The second kappa shape index (κ2) is 8.34. The first-order chi connectivity index (χ1) is 16.7. The lowest BCUT2D eigenvalue weighted by Gasteiger charge is -2.54. The minimum Gasteiger partial charge on any atom is -0.493 e. The first-order valence-corrected chi connectivity index (χ1v) is 11.6. The molecule has 3 aromatic rings. The van der Waals surface area contributed by atoms with Gasteiger partial charge in [-0.05, 0) is 57.0 Å². The van der Waals surface area contributed by atoms with Crippen molar-refractivity contribution in [2.24, 2.45) is 5.92 Å². The van der Waals surface area contributed by atoms with Gasteiger partial charge in [-0.3, -0.25) is 9.69 Å². The molecule has 1 fully saturated rings. The number of amides is 3. The molecule has 0 saturated carbocycles. The van der Waals surface area contributed by atoms with Gasteiger partial charge in [0.2, 0.25) is 11.6 Å². The maximum Gasteiger partial charge on any atom is 0.325 e. The van der Waals surface area contributed by atoms with Crippen molar-refractivity contribution >= 4 is 23.3 Å². The Labute approximate surface area is 205 Å². The van der Waals surface area contributed by atoms with Gasteiger partial charge in [-0.25, -0.2) is 4.79 Å². The molecule has 0 radical (unpaired) electrons. The van der Waals surface area contributed by atoms with E-state index in [0.717, 1.165) is 22.4 Å². The van der Waals surface area contributed by atoms with Crippen LogP contribution in [0.5, 0.6) is 11.5 Å². The molecule has 3 aromatic carbocycles. The molecular weight excluding hydrogens is 442 g/mol. The number of ether oxygens (including phenoxy) is 2. The number of hydrogen-bond donors (Lipinski definition) is 2. The van der Waals surface area contributed by atoms with Crippen molar-refractivity contribution in [2.75, 3.05) is 17.3 Å². The quantitative estimate of drug-likeness (QED) is 0.544. The van der Waals surface area contributed by atoms with E-state index in [1.807, 2.05) is 81.4 Å². The van der Waals surface area contributed by atoms with Crippen molar-refractivity contribution in [1.82, 2.24) is 5.32 Å². The third-order valence-electron chi connectivity index (χ3n) is 6.99. The Morgan fingerprint density at radius 2 is 1.83 bits per heavy atom. The van der Waals surface area contributed by atoms with Crippen LogP contribution in [0.15, 0.2) is 60.7 Å². The minimum absolute atomic E-state index is 0.239. The Bertz CT molecular complexity index is 1340. The normalized spacial score (nSPS) is 22.5. The Morgan fingerprint density at radius 3 is 2.54 bits per heavy atom. The molecule has 0 aromatic heterocycles. The maximum atomic E-state index is 14.0. The van der Waals surface area contributed by atoms with E-state index in [9.17, 15) is 9.59 Å². The van der Waals surface area contributed by atoms with Crippen molar-refractivity contribution in [1.29, 1.82) is 0 Å². The summed E-state index contributed by atoms with van der Waals surface area (Å²) in [4.78, 5) is 29.0. The molecule has 2 aliphatic heterocycles. The molecule has 0 aliphatic carbocycles. The van der Waals surface area contributed by atoms with Crippen LogP contribution in [0, 0.1) is 26.7 Å². The smallest absolute Gasteiger partial charge is 0.325 e. The van der Waals surface area contributed by atoms with Crippen LogP contribution in [0.4, 0.5) is 16.2 Å². The topological polar surface area (TPSA) is 79.9 Å². The summed E-state index contributed by atoms with van der Waals surface area (Å²) >= 11 is 0. The molecule has 1 saturated heterocycles. The fourth-order valence-electron chi connectivity index (χ4n) is 5.27. The van der Waals surface area contributed by atoms with Crippen molar-refractivity contribution in [3.05, 3.63) is 82.9 Å². The van der Waals surface area contributed by atoms with Crippen molar-refractivity contribution < 1.29 is 19.1 Å². The van der Waals surface area contributed by atoms with Crippen LogP contribution < -0.4 is 25.0 Å². The standard InChI is InChI=1S/C28H29N3O4/c1-16-13-14-20(18(3)15-16)29-26(32)23-24-19-10-8-12-22(34-5)25(19)35-28(23,4)31(27(33)30-24)21-11-7-6-9-17(21)2/h6-15,23-24H,1-5H3,(H,29,32)(H,30,33). The van der Waals surface area contributed by atoms with E-state index in [2.05, 4.69) is 10.6 Å². The fourth-order valence-corrected chi connectivity index (χ4v) is 5.27. The second-order valence-corrected chi connectivity index (χ2v) is 9.37. The highest BCUT2D eigenvalue weighted by atomic mass is 16.5. The number of urea groups is 1. The number of aryl methyl sites for hydroxylation is 3. The molecule has 2 aliphatic rings. The fraction of sp³-hybridized carbons (Fsp3) is 0.286. The zero-order valence-electron chi connectivity index (χ0n) is 20.5. The third kappa shape index (κ3) is 3.58. The highest BCUT2D eigenvalue weighted by molar-refractivity contribution is 6.02. The molecule has 5 rings (SSSR count). The zero-order chi connectivity index (χ0) is 24.9. The molecule has 2 N–H and O–H groups in total. The van der Waals surface area contributed by atoms with E-state index in [1.54, 1.807) is 18.9 Å². The van der Waals surface area contributed by atoms with Gasteiger partial charge in [-0.2, -0.15) is 0 Å². The predicted molar refractivity (Wildman–Crippen MR) is 135 cm³/mol.